The van der Waals surface area contributed by atoms with E-state index >= 15 is 0 Å². The molecule has 0 radical (unpaired) electrons. The van der Waals surface area contributed by atoms with Gasteiger partial charge in [0, 0.05) is 57.9 Å². The molecule has 0 unspecified atom stereocenters. The minimum Gasteiger partial charge on any atom is -0.478 e. The first kappa shape index (κ1) is 66.5. The number of benzene rings is 3. The van der Waals surface area contributed by atoms with E-state index in [9.17, 15) is 14.4 Å². The molecule has 6 N–H and O–H groups in total. The molecule has 0 spiro atoms. The maximum absolute atomic E-state index is 12.7. The number of carbonyl (C=O) groups is 3. The van der Waals surface area contributed by atoms with Crippen molar-refractivity contribution in [2.45, 2.75) is 77.0 Å². The highest BCUT2D eigenvalue weighted by atomic mass is 35.5. The van der Waals surface area contributed by atoms with Crippen LogP contribution in [0.25, 0.3) is 0 Å². The zero-order valence-electron chi connectivity index (χ0n) is 45.6. The molecule has 3 aromatic heterocycles. The molecule has 22 heteroatoms. The van der Waals surface area contributed by atoms with Gasteiger partial charge in [0.05, 0.1) is 37.7 Å². The number of carboxylic acid groups (broad SMARTS) is 1. The van der Waals surface area contributed by atoms with E-state index in [1.165, 1.54) is 147 Å². The number of nitrogen functional groups attached to an aromatic ring is 1. The predicted octanol–water partition coefficient (Wildman–Crippen LogP) is 15.9. The first-order valence-corrected chi connectivity index (χ1v) is 30.6. The van der Waals surface area contributed by atoms with Gasteiger partial charge in [0.25, 0.3) is 11.8 Å². The van der Waals surface area contributed by atoms with E-state index in [2.05, 4.69) is 45.6 Å². The second-order valence-corrected chi connectivity index (χ2v) is 23.6. The lowest BCUT2D eigenvalue weighted by molar-refractivity contribution is 0.0696. The van der Waals surface area contributed by atoms with Crippen molar-refractivity contribution in [3.05, 3.63) is 167 Å². The molecule has 4 aliphatic heterocycles. The molecule has 7 heterocycles. The van der Waals surface area contributed by atoms with Crippen LogP contribution in [-0.4, -0.2) is 113 Å². The molecule has 440 valence electrons. The van der Waals surface area contributed by atoms with Gasteiger partial charge >= 0.3 is 5.97 Å². The summed E-state index contributed by atoms with van der Waals surface area (Å²) in [5, 5.41) is 20.8. The van der Waals surface area contributed by atoms with E-state index < -0.39 is 5.97 Å². The number of aromatic carboxylic acids is 1. The summed E-state index contributed by atoms with van der Waals surface area (Å²) in [7, 11) is 0. The number of carbonyl (C=O) groups excluding carboxylic acids is 2. The smallest absolute Gasteiger partial charge is 0.335 e. The fraction of sp³-hybridized carbons (Fsp3) is 0.400. The number of piperidine rings is 4. The Balaban J connectivity index is 0.000000180. The van der Waals surface area contributed by atoms with Gasteiger partial charge in [-0.25, -0.2) is 19.7 Å². The van der Waals surface area contributed by atoms with Crippen LogP contribution in [0.1, 0.15) is 108 Å². The van der Waals surface area contributed by atoms with Crippen LogP contribution in [0, 0.1) is 11.8 Å². The summed E-state index contributed by atoms with van der Waals surface area (Å²) in [4.78, 5) is 54.6. The van der Waals surface area contributed by atoms with E-state index in [1.54, 1.807) is 79.0 Å². The standard InChI is InChI=1S/C24H30Cl2N4O.C12H7Cl3N2O.C12H24N2.C7H5ClO2.C5H4Cl2N2/c25-20-6-4-5-19(15-20)24(31)28-22-16-21(26)17-27-23(22)30-13-8-18(9-14-30)7-12-29-10-2-1-3-11-29;13-8-3-1-2-7(4-8)12(18)17-10-5-9(14)6-16-11(10)15;1-2-9-14(10-3-1)11-6-12-4-7-13-8-5-12;8-6-3-1-2-5(4-6)7(9)10;6-3-1-4(8)5(7)9-2-3/h4-6,15-18H,1-3,7-14H2,(H,28,31);1-6H,(H,17,18);12-13H,1-11H2;1-4H,(H,9,10);1-2H,8H2. The fourth-order valence-corrected chi connectivity index (χ4v) is 11.0. The maximum atomic E-state index is 12.7. The number of halogens is 8. The number of nitrogens with one attached hydrogen (secondary N) is 3. The molecule has 2 amide bonds. The summed E-state index contributed by atoms with van der Waals surface area (Å²) in [5.74, 6) is 1.05. The molecular formula is C60H70Cl8N10O4. The molecule has 6 aromatic rings. The van der Waals surface area contributed by atoms with Gasteiger partial charge in [-0.05, 0) is 201 Å². The molecule has 14 nitrogen and oxygen atoms in total. The summed E-state index contributed by atoms with van der Waals surface area (Å²) in [6.45, 7) is 12.3. The van der Waals surface area contributed by atoms with Gasteiger partial charge in [0.1, 0.15) is 0 Å². The summed E-state index contributed by atoms with van der Waals surface area (Å²) in [6, 6.07) is 24.5. The van der Waals surface area contributed by atoms with Crippen LogP contribution in [0.15, 0.2) is 110 Å². The number of aromatic nitrogens is 3. The van der Waals surface area contributed by atoms with E-state index in [0.29, 0.717) is 63.5 Å². The van der Waals surface area contributed by atoms with Crippen molar-refractivity contribution in [2.24, 2.45) is 11.8 Å². The Morgan fingerprint density at radius 2 is 0.939 bits per heavy atom. The second-order valence-electron chi connectivity index (χ2n) is 20.3. The molecule has 0 atom stereocenters. The Kier molecular flexibility index (Phi) is 28.8. The fourth-order valence-electron chi connectivity index (χ4n) is 9.69. The Hall–Kier alpha value is -4.68. The molecule has 4 fully saturated rings. The van der Waals surface area contributed by atoms with Crippen LogP contribution in [0.3, 0.4) is 0 Å². The highest BCUT2D eigenvalue weighted by molar-refractivity contribution is 6.35. The molecule has 82 heavy (non-hydrogen) atoms. The summed E-state index contributed by atoms with van der Waals surface area (Å²) < 4.78 is 0. The van der Waals surface area contributed by atoms with Crippen molar-refractivity contribution in [1.29, 1.82) is 0 Å². The molecule has 0 saturated carbocycles. The molecular weight excluding hydrogens is 1210 g/mol. The number of anilines is 4. The Bertz CT molecular complexity index is 2960. The Labute approximate surface area is 521 Å². The number of hydrogen-bond donors (Lipinski definition) is 5. The van der Waals surface area contributed by atoms with Gasteiger partial charge in [-0.15, -0.1) is 0 Å². The third-order valence-electron chi connectivity index (χ3n) is 14.2. The van der Waals surface area contributed by atoms with Crippen molar-refractivity contribution in [1.82, 2.24) is 30.1 Å². The average Bonchev–Trinajstić information content (AvgIpc) is 3.54. The number of carboxylic acids is 1. The molecule has 3 aromatic carbocycles. The highest BCUT2D eigenvalue weighted by Gasteiger charge is 2.24. The SMILES string of the molecule is C1CCN(CCC2CCNCC2)CC1.Nc1cc(Cl)cnc1Cl.O=C(Nc1cc(Cl)cnc1Cl)c1cccc(Cl)c1.O=C(Nc1cc(Cl)cnc1N1CCC(CCN2CCCCC2)CC1)c1cccc(Cl)c1.O=C(O)c1cccc(Cl)c1. The van der Waals surface area contributed by atoms with E-state index in [0.717, 1.165) is 43.6 Å². The van der Waals surface area contributed by atoms with Crippen LogP contribution in [0.2, 0.25) is 40.4 Å². The first-order chi connectivity index (χ1) is 39.5. The maximum Gasteiger partial charge on any atom is 0.335 e. The van der Waals surface area contributed by atoms with Crippen LogP contribution in [0.5, 0.6) is 0 Å². The summed E-state index contributed by atoms with van der Waals surface area (Å²) >= 11 is 46.2. The zero-order chi connectivity index (χ0) is 58.8. The third kappa shape index (κ3) is 23.8. The van der Waals surface area contributed by atoms with Gasteiger partial charge in [0.2, 0.25) is 0 Å². The molecule has 10 rings (SSSR count). The van der Waals surface area contributed by atoms with Crippen LogP contribution < -0.4 is 26.6 Å². The lowest BCUT2D eigenvalue weighted by Crippen LogP contribution is -2.37. The van der Waals surface area contributed by atoms with Crippen molar-refractivity contribution >= 4 is 133 Å². The number of nitrogens with two attached hydrogens (primary N) is 1. The Morgan fingerprint density at radius 1 is 0.512 bits per heavy atom. The van der Waals surface area contributed by atoms with Crippen molar-refractivity contribution in [3.63, 3.8) is 0 Å². The number of pyridine rings is 3. The van der Waals surface area contributed by atoms with Gasteiger partial charge in [0.15, 0.2) is 16.1 Å². The summed E-state index contributed by atoms with van der Waals surface area (Å²) in [6.07, 6.45) is 20.8. The number of nitrogens with zero attached hydrogens (tertiary/aromatic N) is 6. The quantitative estimate of drug-likeness (QED) is 0.0733. The normalized spacial score (nSPS) is 15.8. The van der Waals surface area contributed by atoms with Gasteiger partial charge < -0.3 is 41.5 Å². The highest BCUT2D eigenvalue weighted by Crippen LogP contribution is 2.32. The third-order valence-corrected chi connectivity index (χ3v) is 16.1. The van der Waals surface area contributed by atoms with Crippen LogP contribution >= 0.6 is 92.8 Å². The Morgan fingerprint density at radius 3 is 1.40 bits per heavy atom. The van der Waals surface area contributed by atoms with Crippen LogP contribution in [-0.2, 0) is 0 Å². The average molecular weight is 1280 g/mol. The lowest BCUT2D eigenvalue weighted by atomic mass is 9.93. The number of amides is 2. The minimum absolute atomic E-state index is 0.176. The largest absolute Gasteiger partial charge is 0.478 e. The van der Waals surface area contributed by atoms with Gasteiger partial charge in [-0.2, -0.15) is 0 Å². The number of hydrogen-bond acceptors (Lipinski definition) is 11. The molecule has 4 aliphatic rings. The van der Waals surface area contributed by atoms with Crippen LogP contribution in [0.4, 0.5) is 22.9 Å². The molecule has 0 aliphatic carbocycles. The molecule has 0 bridgehead atoms. The number of rotatable bonds is 12. The molecule has 4 saturated heterocycles. The van der Waals surface area contributed by atoms with Crippen molar-refractivity contribution < 1.29 is 19.5 Å². The van der Waals surface area contributed by atoms with E-state index in [-0.39, 0.29) is 22.5 Å². The van der Waals surface area contributed by atoms with Crippen molar-refractivity contribution in [2.75, 3.05) is 86.7 Å². The summed E-state index contributed by atoms with van der Waals surface area (Å²) in [5.41, 5.74) is 7.90. The van der Waals surface area contributed by atoms with E-state index in [4.69, 9.17) is 104 Å². The monoisotopic (exact) mass is 1270 g/mol. The van der Waals surface area contributed by atoms with Gasteiger partial charge in [-0.3, -0.25) is 9.59 Å². The number of likely N-dealkylation sites (tertiary alicyclic amines) is 2. The topological polar surface area (TPSA) is 182 Å². The first-order valence-electron chi connectivity index (χ1n) is 27.6. The predicted molar refractivity (Wildman–Crippen MR) is 340 cm³/mol. The second kappa shape index (κ2) is 35.6. The van der Waals surface area contributed by atoms with Crippen molar-refractivity contribution in [3.8, 4) is 0 Å². The van der Waals surface area contributed by atoms with E-state index in [1.807, 2.05) is 0 Å². The lowest BCUT2D eigenvalue weighted by Gasteiger charge is -2.35. The minimum atomic E-state index is -0.956. The van der Waals surface area contributed by atoms with Gasteiger partial charge in [-0.1, -0.05) is 124 Å². The zero-order valence-corrected chi connectivity index (χ0v) is 51.6.